The molecule has 0 aliphatic carbocycles. The number of hydrogen-bond acceptors (Lipinski definition) is 5. The van der Waals surface area contributed by atoms with Gasteiger partial charge in [0, 0.05) is 23.5 Å². The fourth-order valence-electron chi connectivity index (χ4n) is 1.74. The van der Waals surface area contributed by atoms with Gasteiger partial charge in [-0.05, 0) is 24.6 Å². The largest absolute Gasteiger partial charge is 0.534 e. The lowest BCUT2D eigenvalue weighted by atomic mass is 10.1. The van der Waals surface area contributed by atoms with E-state index in [4.69, 9.17) is 0 Å². The van der Waals surface area contributed by atoms with Crippen LogP contribution in [0, 0.1) is 6.92 Å². The molecule has 25 heavy (non-hydrogen) atoms. The Labute approximate surface area is 137 Å². The van der Waals surface area contributed by atoms with Gasteiger partial charge in [0.1, 0.15) is 5.69 Å². The van der Waals surface area contributed by atoms with Crippen LogP contribution in [0.3, 0.4) is 0 Å². The molecule has 5 nitrogen and oxygen atoms in total. The van der Waals surface area contributed by atoms with Crippen molar-refractivity contribution in [3.8, 4) is 17.0 Å². The van der Waals surface area contributed by atoms with Crippen LogP contribution in [0.15, 0.2) is 30.5 Å². The van der Waals surface area contributed by atoms with Gasteiger partial charge in [-0.15, -0.1) is 0 Å². The van der Waals surface area contributed by atoms with Crippen LogP contribution in [-0.4, -0.2) is 23.9 Å². The van der Waals surface area contributed by atoms with Crippen LogP contribution in [0.1, 0.15) is 11.4 Å². The second-order valence-electron chi connectivity index (χ2n) is 4.75. The average Bonchev–Trinajstić information content (AvgIpc) is 2.44. The molecule has 2 aromatic heterocycles. The Hall–Kier alpha value is -2.37. The molecule has 136 valence electrons. The van der Waals surface area contributed by atoms with Crippen molar-refractivity contribution >= 4 is 10.1 Å². The minimum atomic E-state index is -5.92. The molecule has 0 saturated heterocycles. The molecule has 0 aliphatic rings. The van der Waals surface area contributed by atoms with Gasteiger partial charge in [-0.25, -0.2) is 4.98 Å². The number of alkyl halides is 6. The Balaban J connectivity index is 2.40. The lowest BCUT2D eigenvalue weighted by molar-refractivity contribution is -0.141. The van der Waals surface area contributed by atoms with E-state index in [9.17, 15) is 34.8 Å². The summed E-state index contributed by atoms with van der Waals surface area (Å²) < 4.78 is 100. The quantitative estimate of drug-likeness (QED) is 0.457. The maximum absolute atomic E-state index is 12.5. The van der Waals surface area contributed by atoms with Gasteiger partial charge >= 0.3 is 21.8 Å². The van der Waals surface area contributed by atoms with Crippen molar-refractivity contribution in [3.05, 3.63) is 41.9 Å². The Morgan fingerprint density at radius 3 is 2.12 bits per heavy atom. The monoisotopic (exact) mass is 386 g/mol. The summed E-state index contributed by atoms with van der Waals surface area (Å²) in [6, 6.07) is 3.88. The molecule has 2 heterocycles. The van der Waals surface area contributed by atoms with Crippen molar-refractivity contribution in [2.45, 2.75) is 18.6 Å². The van der Waals surface area contributed by atoms with Crippen LogP contribution in [0.2, 0.25) is 0 Å². The first kappa shape index (κ1) is 19.0. The van der Waals surface area contributed by atoms with Crippen molar-refractivity contribution in [2.75, 3.05) is 0 Å². The van der Waals surface area contributed by atoms with Crippen molar-refractivity contribution in [1.29, 1.82) is 0 Å². The van der Waals surface area contributed by atoms with Crippen LogP contribution in [0.25, 0.3) is 11.1 Å². The Morgan fingerprint density at radius 2 is 1.64 bits per heavy atom. The van der Waals surface area contributed by atoms with Gasteiger partial charge in [0.05, 0.1) is 0 Å². The van der Waals surface area contributed by atoms with Crippen LogP contribution in [-0.2, 0) is 16.3 Å². The van der Waals surface area contributed by atoms with Crippen LogP contribution < -0.4 is 4.18 Å². The van der Waals surface area contributed by atoms with Gasteiger partial charge in [-0.2, -0.15) is 34.8 Å². The van der Waals surface area contributed by atoms with E-state index in [0.29, 0.717) is 6.07 Å². The highest BCUT2D eigenvalue weighted by molar-refractivity contribution is 7.87. The van der Waals surface area contributed by atoms with Gasteiger partial charge in [0.25, 0.3) is 0 Å². The number of pyridine rings is 2. The topological polar surface area (TPSA) is 69.2 Å². The third-order valence-electron chi connectivity index (χ3n) is 2.80. The van der Waals surface area contributed by atoms with E-state index in [0.717, 1.165) is 18.3 Å². The van der Waals surface area contributed by atoms with Gasteiger partial charge in [-0.1, -0.05) is 6.07 Å². The first-order valence-corrected chi connectivity index (χ1v) is 7.73. The third-order valence-corrected chi connectivity index (χ3v) is 3.75. The number of hydrogen-bond donors (Lipinski definition) is 0. The lowest BCUT2D eigenvalue weighted by Gasteiger charge is -2.11. The Bertz CT molecular complexity index is 876. The van der Waals surface area contributed by atoms with Crippen LogP contribution in [0.4, 0.5) is 26.3 Å². The van der Waals surface area contributed by atoms with E-state index in [1.165, 1.54) is 13.0 Å². The smallest absolute Gasteiger partial charge is 0.355 e. The van der Waals surface area contributed by atoms with Crippen molar-refractivity contribution < 1.29 is 38.9 Å². The maximum Gasteiger partial charge on any atom is 0.534 e. The first-order chi connectivity index (χ1) is 11.3. The van der Waals surface area contributed by atoms with E-state index in [2.05, 4.69) is 14.2 Å². The summed E-state index contributed by atoms with van der Waals surface area (Å²) >= 11 is 0. The molecular formula is C13H8F6N2O3S. The standard InChI is InChI=1S/C13H8F6N2O3S/c1-7-4-9(8-2-3-10(20-6-8)12(14,15)16)5-11(21-7)24-25(22,23)13(17,18)19/h2-6H,1H3. The van der Waals surface area contributed by atoms with E-state index in [1.807, 2.05) is 0 Å². The second-order valence-corrected chi connectivity index (χ2v) is 6.29. The Kier molecular flexibility index (Phi) is 4.68. The molecule has 0 N–H and O–H groups in total. The van der Waals surface area contributed by atoms with Gasteiger partial charge in [0.15, 0.2) is 0 Å². The number of aromatic nitrogens is 2. The minimum Gasteiger partial charge on any atom is -0.355 e. The zero-order valence-electron chi connectivity index (χ0n) is 12.2. The number of nitrogens with zero attached hydrogens (tertiary/aromatic N) is 2. The molecule has 0 aliphatic heterocycles. The zero-order chi connectivity index (χ0) is 19.0. The maximum atomic E-state index is 12.5. The van der Waals surface area contributed by atoms with E-state index in [1.54, 1.807) is 0 Å². The summed E-state index contributed by atoms with van der Waals surface area (Å²) in [5.41, 5.74) is -6.52. The van der Waals surface area contributed by atoms with Gasteiger partial charge in [0.2, 0.25) is 5.88 Å². The molecule has 2 rings (SSSR count). The highest BCUT2D eigenvalue weighted by Crippen LogP contribution is 2.31. The van der Waals surface area contributed by atoms with Crippen molar-refractivity contribution in [2.24, 2.45) is 0 Å². The molecule has 12 heteroatoms. The van der Waals surface area contributed by atoms with Crippen LogP contribution >= 0.6 is 0 Å². The summed E-state index contributed by atoms with van der Waals surface area (Å²) in [6.45, 7) is 1.34. The predicted molar refractivity (Wildman–Crippen MR) is 72.8 cm³/mol. The molecule has 0 radical (unpaired) electrons. The molecule has 0 fully saturated rings. The van der Waals surface area contributed by atoms with Crippen molar-refractivity contribution in [3.63, 3.8) is 0 Å². The normalized spacial score (nSPS) is 12.9. The SMILES string of the molecule is Cc1cc(-c2ccc(C(F)(F)F)nc2)cc(OS(=O)(=O)C(F)(F)F)n1. The second kappa shape index (κ2) is 6.17. The predicted octanol–water partition coefficient (Wildman–Crippen LogP) is 3.70. The lowest BCUT2D eigenvalue weighted by Crippen LogP contribution is -2.28. The summed E-state index contributed by atoms with van der Waals surface area (Å²) in [7, 11) is -5.92. The molecule has 0 bridgehead atoms. The van der Waals surface area contributed by atoms with E-state index >= 15 is 0 Å². The van der Waals surface area contributed by atoms with Crippen molar-refractivity contribution in [1.82, 2.24) is 9.97 Å². The molecular weight excluding hydrogens is 378 g/mol. The highest BCUT2D eigenvalue weighted by atomic mass is 32.2. The molecule has 0 amide bonds. The highest BCUT2D eigenvalue weighted by Gasteiger charge is 2.48. The molecule has 0 saturated carbocycles. The van der Waals surface area contributed by atoms with E-state index < -0.39 is 33.4 Å². The molecule has 0 aromatic carbocycles. The minimum absolute atomic E-state index is 0.0844. The van der Waals surface area contributed by atoms with Gasteiger partial charge < -0.3 is 4.18 Å². The van der Waals surface area contributed by atoms with Gasteiger partial charge in [-0.3, -0.25) is 4.98 Å². The number of halogens is 6. The summed E-state index contributed by atoms with van der Waals surface area (Å²) in [4.78, 5) is 6.73. The molecule has 2 aromatic rings. The summed E-state index contributed by atoms with van der Waals surface area (Å²) in [6.07, 6.45) is -3.80. The average molecular weight is 386 g/mol. The van der Waals surface area contributed by atoms with Crippen LogP contribution in [0.5, 0.6) is 5.88 Å². The fraction of sp³-hybridized carbons (Fsp3) is 0.231. The number of aryl methyl sites for hydroxylation is 1. The molecule has 0 atom stereocenters. The Morgan fingerprint density at radius 1 is 1.00 bits per heavy atom. The number of rotatable bonds is 3. The summed E-state index contributed by atoms with van der Waals surface area (Å²) in [5.74, 6) is -0.868. The van der Waals surface area contributed by atoms with E-state index in [-0.39, 0.29) is 16.8 Å². The fourth-order valence-corrected chi connectivity index (χ4v) is 2.14. The first-order valence-electron chi connectivity index (χ1n) is 6.33. The summed E-state index contributed by atoms with van der Waals surface area (Å²) in [5, 5.41) is 0. The molecule has 0 unspecified atom stereocenters. The third kappa shape index (κ3) is 4.38. The molecule has 0 spiro atoms. The zero-order valence-corrected chi connectivity index (χ0v) is 13.0.